The summed E-state index contributed by atoms with van der Waals surface area (Å²) in [6.07, 6.45) is 7.23. The summed E-state index contributed by atoms with van der Waals surface area (Å²) in [7, 11) is 0. The van der Waals surface area contributed by atoms with Crippen molar-refractivity contribution in [1.29, 1.82) is 0 Å². The summed E-state index contributed by atoms with van der Waals surface area (Å²) in [5, 5.41) is 13.4. The molecule has 3 amide bonds. The van der Waals surface area contributed by atoms with E-state index in [0.717, 1.165) is 12.8 Å². The number of hydrogen-bond donors (Lipinski definition) is 2. The Morgan fingerprint density at radius 1 is 1.17 bits per heavy atom. The fourth-order valence-electron chi connectivity index (χ4n) is 6.78. The van der Waals surface area contributed by atoms with Crippen molar-refractivity contribution >= 4 is 39.6 Å². The number of fused-ring (bicyclic) bond motifs is 2. The maximum Gasteiger partial charge on any atom is 0.313 e. The van der Waals surface area contributed by atoms with Crippen molar-refractivity contribution in [2.45, 2.75) is 103 Å². The van der Waals surface area contributed by atoms with Crippen molar-refractivity contribution in [3.63, 3.8) is 0 Å². The van der Waals surface area contributed by atoms with Crippen LogP contribution in [0.3, 0.4) is 0 Å². The van der Waals surface area contributed by atoms with Crippen LogP contribution in [-0.4, -0.2) is 94.2 Å². The number of nitrogens with zero attached hydrogens (tertiary/aromatic N) is 2. The molecule has 1 unspecified atom stereocenters. The lowest BCUT2D eigenvalue weighted by atomic mass is 9.74. The van der Waals surface area contributed by atoms with E-state index in [1.165, 1.54) is 4.90 Å². The number of likely N-dealkylation sites (tertiary alicyclic amines) is 1. The number of carbonyl (C=O) groups excluding carboxylic acids is 4. The van der Waals surface area contributed by atoms with E-state index in [4.69, 9.17) is 9.47 Å². The van der Waals surface area contributed by atoms with Gasteiger partial charge in [-0.15, -0.1) is 0 Å². The summed E-state index contributed by atoms with van der Waals surface area (Å²) < 4.78 is 12.9. The highest BCUT2D eigenvalue weighted by molar-refractivity contribution is 9.11. The Bertz CT molecular complexity index is 1100. The van der Waals surface area contributed by atoms with Crippen LogP contribution in [0.25, 0.3) is 0 Å². The first-order valence-corrected chi connectivity index (χ1v) is 15.7. The van der Waals surface area contributed by atoms with E-state index >= 15 is 0 Å². The van der Waals surface area contributed by atoms with Gasteiger partial charge in [-0.3, -0.25) is 19.2 Å². The van der Waals surface area contributed by atoms with Gasteiger partial charge in [0.25, 0.3) is 0 Å². The van der Waals surface area contributed by atoms with Crippen LogP contribution in [0.5, 0.6) is 0 Å². The molecule has 2 fully saturated rings. The molecular weight excluding hydrogens is 594 g/mol. The van der Waals surface area contributed by atoms with Gasteiger partial charge in [0.2, 0.25) is 17.7 Å². The molecule has 0 aliphatic carbocycles. The van der Waals surface area contributed by atoms with Crippen molar-refractivity contribution < 1.29 is 33.8 Å². The second kappa shape index (κ2) is 13.0. The van der Waals surface area contributed by atoms with Crippen LogP contribution in [0.1, 0.15) is 66.7 Å². The number of carbonyl (C=O) groups is 4. The van der Waals surface area contributed by atoms with E-state index < -0.39 is 47.7 Å². The number of cyclic esters (lactones) is 1. The van der Waals surface area contributed by atoms with E-state index in [2.05, 4.69) is 28.2 Å². The van der Waals surface area contributed by atoms with Gasteiger partial charge in [0.15, 0.2) is 0 Å². The third-order valence-corrected chi connectivity index (χ3v) is 9.83. The number of rotatable bonds is 7. The summed E-state index contributed by atoms with van der Waals surface area (Å²) in [5.41, 5.74) is -1.39. The average Bonchev–Trinajstić information content (AvgIpc) is 3.52. The fraction of sp³-hybridized carbons (Fsp3) is 0.733. The minimum atomic E-state index is -1.39. The van der Waals surface area contributed by atoms with E-state index in [1.54, 1.807) is 17.9 Å². The van der Waals surface area contributed by atoms with Crippen molar-refractivity contribution in [2.75, 3.05) is 19.7 Å². The SMILES string of the molecule is CCCC(C)N1C/C=C\CCC(=O)NC[C@H](C)OC(=O)[C@H]2[C@@H]3O[C@@]4(C=C3Br)[C@@H]2C(=O)N([C@@H](CO)[C@@H](C)CC)[C@@H]4C1=O. The van der Waals surface area contributed by atoms with Crippen LogP contribution in [0.2, 0.25) is 0 Å². The first-order valence-electron chi connectivity index (χ1n) is 14.9. The predicted octanol–water partition coefficient (Wildman–Crippen LogP) is 2.68. The van der Waals surface area contributed by atoms with Crippen molar-refractivity contribution in [1.82, 2.24) is 15.1 Å². The maximum atomic E-state index is 14.7. The van der Waals surface area contributed by atoms with E-state index in [0.29, 0.717) is 23.9 Å². The smallest absolute Gasteiger partial charge is 0.313 e. The second-order valence-electron chi connectivity index (χ2n) is 11.9. The minimum absolute atomic E-state index is 0.104. The van der Waals surface area contributed by atoms with Crippen LogP contribution in [0.4, 0.5) is 0 Å². The van der Waals surface area contributed by atoms with Crippen molar-refractivity contribution in [2.24, 2.45) is 17.8 Å². The molecule has 0 radical (unpaired) electrons. The highest BCUT2D eigenvalue weighted by Gasteiger charge is 2.75. The molecule has 0 aromatic heterocycles. The minimum Gasteiger partial charge on any atom is -0.460 e. The number of aliphatic hydroxyl groups is 1. The van der Waals surface area contributed by atoms with Gasteiger partial charge in [-0.1, -0.05) is 61.7 Å². The lowest BCUT2D eigenvalue weighted by molar-refractivity contribution is -0.160. The second-order valence-corrected chi connectivity index (χ2v) is 12.8. The third-order valence-electron chi connectivity index (χ3n) is 9.15. The van der Waals surface area contributed by atoms with Crippen LogP contribution in [0.15, 0.2) is 22.7 Å². The van der Waals surface area contributed by atoms with Crippen LogP contribution in [-0.2, 0) is 28.7 Å². The number of amides is 3. The highest BCUT2D eigenvalue weighted by atomic mass is 79.9. The number of hydrogen-bond acceptors (Lipinski definition) is 7. The monoisotopic (exact) mass is 637 g/mol. The number of esters is 1. The Morgan fingerprint density at radius 3 is 2.56 bits per heavy atom. The molecule has 4 aliphatic heterocycles. The molecule has 4 heterocycles. The maximum absolute atomic E-state index is 14.7. The lowest BCUT2D eigenvalue weighted by Gasteiger charge is -2.41. The van der Waals surface area contributed by atoms with Gasteiger partial charge in [0.1, 0.15) is 29.8 Å². The summed E-state index contributed by atoms with van der Waals surface area (Å²) in [5.74, 6) is -3.50. The third kappa shape index (κ3) is 5.73. The number of allylic oxidation sites excluding steroid dienone is 1. The summed E-state index contributed by atoms with van der Waals surface area (Å²) in [6, 6.07) is -1.84. The molecule has 228 valence electrons. The standard InChI is InChI=1S/C30H44BrN3O7/c1-6-11-18(4)33-13-10-8-9-12-22(36)32-15-19(5)40-29(39)23-24-27(37)34(21(16-35)17(3)7-2)26(28(33)38)30(24)14-20(31)25(23)41-30/h8,10,14,17-19,21,23-26,35H,6-7,9,11-13,15-16H2,1-5H3,(H,32,36)/b10-8-/t17-,18?,19-,21-,23+,24-,25+,26+,30-/m0/s1. The fourth-order valence-corrected chi connectivity index (χ4v) is 7.52. The summed E-state index contributed by atoms with van der Waals surface area (Å²) in [6.45, 7) is 9.78. The molecule has 0 saturated carbocycles. The first kappa shape index (κ1) is 31.7. The summed E-state index contributed by atoms with van der Waals surface area (Å²) in [4.78, 5) is 58.4. The highest BCUT2D eigenvalue weighted by Crippen LogP contribution is 2.59. The molecule has 0 aromatic rings. The van der Waals surface area contributed by atoms with E-state index in [-0.39, 0.29) is 49.3 Å². The molecule has 4 rings (SSSR count). The van der Waals surface area contributed by atoms with Gasteiger partial charge < -0.3 is 29.7 Å². The van der Waals surface area contributed by atoms with Gasteiger partial charge in [0.05, 0.1) is 25.1 Å². The Balaban J connectivity index is 1.86. The molecule has 0 aromatic carbocycles. The van der Waals surface area contributed by atoms with Gasteiger partial charge >= 0.3 is 5.97 Å². The predicted molar refractivity (Wildman–Crippen MR) is 156 cm³/mol. The molecule has 9 atom stereocenters. The van der Waals surface area contributed by atoms with Crippen molar-refractivity contribution in [3.8, 4) is 0 Å². The number of halogens is 1. The molecule has 10 nitrogen and oxygen atoms in total. The molecule has 1 spiro atoms. The first-order chi connectivity index (χ1) is 19.5. The zero-order valence-electron chi connectivity index (χ0n) is 24.7. The van der Waals surface area contributed by atoms with Crippen molar-refractivity contribution in [3.05, 3.63) is 22.7 Å². The largest absolute Gasteiger partial charge is 0.460 e. The number of nitrogens with one attached hydrogen (secondary N) is 1. The Kier molecular flexibility index (Phi) is 10.0. The van der Waals surface area contributed by atoms with Gasteiger partial charge in [-0.05, 0) is 38.7 Å². The molecule has 11 heteroatoms. The van der Waals surface area contributed by atoms with Crippen LogP contribution >= 0.6 is 15.9 Å². The molecular formula is C30H44BrN3O7. The molecule has 41 heavy (non-hydrogen) atoms. The zero-order valence-corrected chi connectivity index (χ0v) is 26.3. The Morgan fingerprint density at radius 2 is 1.90 bits per heavy atom. The van der Waals surface area contributed by atoms with Gasteiger partial charge in [-0.2, -0.15) is 0 Å². The molecule has 2 N–H and O–H groups in total. The van der Waals surface area contributed by atoms with Gasteiger partial charge in [-0.25, -0.2) is 0 Å². The Hall–Kier alpha value is -2.24. The van der Waals surface area contributed by atoms with E-state index in [1.807, 2.05) is 32.9 Å². The van der Waals surface area contributed by atoms with Gasteiger partial charge in [0, 0.05) is 23.5 Å². The van der Waals surface area contributed by atoms with E-state index in [9.17, 15) is 24.3 Å². The normalized spacial score (nSPS) is 35.5. The zero-order chi connectivity index (χ0) is 30.1. The number of ether oxygens (including phenoxy) is 2. The lowest BCUT2D eigenvalue weighted by Crippen LogP contribution is -2.60. The van der Waals surface area contributed by atoms with Crippen LogP contribution in [0, 0.1) is 17.8 Å². The molecule has 4 aliphatic rings. The molecule has 2 saturated heterocycles. The Labute approximate surface area is 251 Å². The summed E-state index contributed by atoms with van der Waals surface area (Å²) >= 11 is 3.56. The molecule has 5 bridgehead atoms. The average molecular weight is 639 g/mol. The number of aliphatic hydroxyl groups excluding tert-OH is 1. The van der Waals surface area contributed by atoms with Crippen LogP contribution < -0.4 is 5.32 Å². The topological polar surface area (TPSA) is 125 Å². The quantitative estimate of drug-likeness (QED) is 0.325.